The molecule has 0 saturated carbocycles. The zero-order valence-electron chi connectivity index (χ0n) is 7.05. The number of hydrogen-bond acceptors (Lipinski definition) is 3. The zero-order chi connectivity index (χ0) is 8.81. The van der Waals surface area contributed by atoms with Crippen molar-refractivity contribution in [3.63, 3.8) is 0 Å². The van der Waals surface area contributed by atoms with Crippen molar-refractivity contribution in [3.8, 4) is 0 Å². The third-order valence-corrected chi connectivity index (χ3v) is 2.72. The Morgan fingerprint density at radius 2 is 2.50 bits per heavy atom. The molecule has 1 heterocycles. The van der Waals surface area contributed by atoms with Crippen LogP contribution in [0.2, 0.25) is 0 Å². The van der Waals surface area contributed by atoms with Gasteiger partial charge in [-0.05, 0) is 6.42 Å². The molecule has 0 aromatic carbocycles. The zero-order valence-corrected chi connectivity index (χ0v) is 8.62. The minimum Gasteiger partial charge on any atom is -0.374 e. The molecule has 4 heteroatoms. The van der Waals surface area contributed by atoms with Gasteiger partial charge in [-0.2, -0.15) is 0 Å². The standard InChI is InChI=1S/C8H12ClNOS/c1-2-3-11-6-8-10-5-7(4-9)12-8/h5H,2-4,6H2,1H3. The summed E-state index contributed by atoms with van der Waals surface area (Å²) in [6.45, 7) is 3.51. The molecule has 1 rings (SSSR count). The van der Waals surface area contributed by atoms with Crippen LogP contribution in [0.15, 0.2) is 6.20 Å². The molecule has 0 bridgehead atoms. The summed E-state index contributed by atoms with van der Waals surface area (Å²) in [5.74, 6) is 0.547. The van der Waals surface area contributed by atoms with Crippen LogP contribution in [0, 0.1) is 0 Å². The monoisotopic (exact) mass is 205 g/mol. The van der Waals surface area contributed by atoms with Gasteiger partial charge in [0.25, 0.3) is 0 Å². The SMILES string of the molecule is CCCOCc1ncc(CCl)s1. The fourth-order valence-corrected chi connectivity index (χ4v) is 1.72. The van der Waals surface area contributed by atoms with Crippen molar-refractivity contribution < 1.29 is 4.74 Å². The predicted octanol–water partition coefficient (Wildman–Crippen LogP) is 2.81. The number of nitrogens with zero attached hydrogens (tertiary/aromatic N) is 1. The Morgan fingerprint density at radius 3 is 3.08 bits per heavy atom. The Balaban J connectivity index is 2.31. The lowest BCUT2D eigenvalue weighted by molar-refractivity contribution is 0.121. The van der Waals surface area contributed by atoms with Crippen LogP contribution in [0.4, 0.5) is 0 Å². The lowest BCUT2D eigenvalue weighted by atomic mass is 10.5. The van der Waals surface area contributed by atoms with E-state index in [4.69, 9.17) is 16.3 Å². The van der Waals surface area contributed by atoms with Crippen molar-refractivity contribution in [3.05, 3.63) is 16.1 Å². The molecule has 2 nitrogen and oxygen atoms in total. The third kappa shape index (κ3) is 3.09. The van der Waals surface area contributed by atoms with Gasteiger partial charge in [-0.25, -0.2) is 4.98 Å². The Kier molecular flexibility index (Phi) is 4.58. The van der Waals surface area contributed by atoms with Gasteiger partial charge in [0.1, 0.15) is 5.01 Å². The predicted molar refractivity (Wildman–Crippen MR) is 51.6 cm³/mol. The molecule has 0 aliphatic carbocycles. The molecule has 0 radical (unpaired) electrons. The first kappa shape index (κ1) is 9.96. The molecular weight excluding hydrogens is 194 g/mol. The van der Waals surface area contributed by atoms with Crippen molar-refractivity contribution in [1.82, 2.24) is 4.98 Å². The lowest BCUT2D eigenvalue weighted by Gasteiger charge is -1.96. The van der Waals surface area contributed by atoms with Crippen LogP contribution in [-0.2, 0) is 17.2 Å². The largest absolute Gasteiger partial charge is 0.374 e. The van der Waals surface area contributed by atoms with E-state index in [-0.39, 0.29) is 0 Å². The molecule has 0 spiro atoms. The highest BCUT2D eigenvalue weighted by Gasteiger charge is 1.99. The summed E-state index contributed by atoms with van der Waals surface area (Å²) in [6, 6.07) is 0. The minimum absolute atomic E-state index is 0.547. The molecule has 1 aromatic heterocycles. The Hall–Kier alpha value is -0.120. The maximum Gasteiger partial charge on any atom is 0.119 e. The summed E-state index contributed by atoms with van der Waals surface area (Å²) in [5, 5.41) is 1.01. The fraction of sp³-hybridized carbons (Fsp3) is 0.625. The summed E-state index contributed by atoms with van der Waals surface area (Å²) < 4.78 is 5.33. The molecule has 68 valence electrons. The van der Waals surface area contributed by atoms with Crippen LogP contribution in [0.5, 0.6) is 0 Å². The molecule has 0 aliphatic heterocycles. The molecule has 12 heavy (non-hydrogen) atoms. The Labute approximate surface area is 81.5 Å². The maximum atomic E-state index is 5.63. The number of aromatic nitrogens is 1. The fourth-order valence-electron chi connectivity index (χ4n) is 0.780. The maximum absolute atomic E-state index is 5.63. The highest BCUT2D eigenvalue weighted by atomic mass is 35.5. The second-order valence-electron chi connectivity index (χ2n) is 2.41. The van der Waals surface area contributed by atoms with E-state index in [0.717, 1.165) is 22.9 Å². The summed E-state index contributed by atoms with van der Waals surface area (Å²) in [7, 11) is 0. The van der Waals surface area contributed by atoms with Crippen molar-refractivity contribution in [2.45, 2.75) is 25.8 Å². The van der Waals surface area contributed by atoms with Gasteiger partial charge in [0.2, 0.25) is 0 Å². The quantitative estimate of drug-likeness (QED) is 0.545. The van der Waals surface area contributed by atoms with Gasteiger partial charge in [0.15, 0.2) is 0 Å². The topological polar surface area (TPSA) is 22.1 Å². The number of ether oxygens (including phenoxy) is 1. The highest BCUT2D eigenvalue weighted by Crippen LogP contribution is 2.15. The minimum atomic E-state index is 0.547. The number of thiazole rings is 1. The van der Waals surface area contributed by atoms with Crippen LogP contribution in [-0.4, -0.2) is 11.6 Å². The van der Waals surface area contributed by atoms with Gasteiger partial charge in [-0.3, -0.25) is 0 Å². The Bertz CT molecular complexity index is 227. The van der Waals surface area contributed by atoms with Gasteiger partial charge < -0.3 is 4.74 Å². The summed E-state index contributed by atoms with van der Waals surface area (Å²) >= 11 is 7.25. The molecular formula is C8H12ClNOS. The molecule has 0 atom stereocenters. The third-order valence-electron chi connectivity index (χ3n) is 1.31. The van der Waals surface area contributed by atoms with E-state index < -0.39 is 0 Å². The molecule has 0 aliphatic rings. The van der Waals surface area contributed by atoms with Gasteiger partial charge in [0, 0.05) is 17.7 Å². The lowest BCUT2D eigenvalue weighted by Crippen LogP contribution is -1.92. The molecule has 0 unspecified atom stereocenters. The van der Waals surface area contributed by atoms with Crippen molar-refractivity contribution in [1.29, 1.82) is 0 Å². The number of hydrogen-bond donors (Lipinski definition) is 0. The van der Waals surface area contributed by atoms with Gasteiger partial charge in [0.05, 0.1) is 12.5 Å². The molecule has 0 N–H and O–H groups in total. The van der Waals surface area contributed by atoms with Gasteiger partial charge in [-0.1, -0.05) is 6.92 Å². The summed E-state index contributed by atoms with van der Waals surface area (Å²) in [6.07, 6.45) is 2.86. The molecule has 0 amide bonds. The van der Waals surface area contributed by atoms with E-state index in [9.17, 15) is 0 Å². The molecule has 1 aromatic rings. The number of rotatable bonds is 5. The van der Waals surface area contributed by atoms with E-state index in [1.807, 2.05) is 6.20 Å². The van der Waals surface area contributed by atoms with E-state index in [1.54, 1.807) is 11.3 Å². The van der Waals surface area contributed by atoms with Crippen LogP contribution in [0.3, 0.4) is 0 Å². The van der Waals surface area contributed by atoms with Crippen molar-refractivity contribution in [2.75, 3.05) is 6.61 Å². The average molecular weight is 206 g/mol. The van der Waals surface area contributed by atoms with Crippen molar-refractivity contribution >= 4 is 22.9 Å². The number of halogens is 1. The number of alkyl halides is 1. The summed E-state index contributed by atoms with van der Waals surface area (Å²) in [5.41, 5.74) is 0. The second-order valence-corrected chi connectivity index (χ2v) is 3.87. The normalized spacial score (nSPS) is 10.5. The smallest absolute Gasteiger partial charge is 0.119 e. The van der Waals surface area contributed by atoms with Crippen LogP contribution in [0.25, 0.3) is 0 Å². The van der Waals surface area contributed by atoms with E-state index in [1.165, 1.54) is 0 Å². The average Bonchev–Trinajstić information content (AvgIpc) is 2.53. The van der Waals surface area contributed by atoms with E-state index in [2.05, 4.69) is 11.9 Å². The Morgan fingerprint density at radius 1 is 1.67 bits per heavy atom. The second kappa shape index (κ2) is 5.51. The molecule has 0 saturated heterocycles. The highest BCUT2D eigenvalue weighted by molar-refractivity contribution is 7.11. The van der Waals surface area contributed by atoms with Gasteiger partial charge in [-0.15, -0.1) is 22.9 Å². The molecule has 0 fully saturated rings. The van der Waals surface area contributed by atoms with E-state index in [0.29, 0.717) is 12.5 Å². The van der Waals surface area contributed by atoms with Gasteiger partial charge >= 0.3 is 0 Å². The first-order valence-electron chi connectivity index (χ1n) is 3.94. The first-order chi connectivity index (χ1) is 5.86. The first-order valence-corrected chi connectivity index (χ1v) is 5.29. The van der Waals surface area contributed by atoms with Crippen LogP contribution < -0.4 is 0 Å². The summed E-state index contributed by atoms with van der Waals surface area (Å²) in [4.78, 5) is 5.27. The van der Waals surface area contributed by atoms with Crippen LogP contribution >= 0.6 is 22.9 Å². The van der Waals surface area contributed by atoms with Crippen LogP contribution in [0.1, 0.15) is 23.2 Å². The van der Waals surface area contributed by atoms with Crippen molar-refractivity contribution in [2.24, 2.45) is 0 Å². The van der Waals surface area contributed by atoms with E-state index >= 15 is 0 Å².